The van der Waals surface area contributed by atoms with E-state index in [9.17, 15) is 4.79 Å². The first-order valence-electron chi connectivity index (χ1n) is 5.85. The van der Waals surface area contributed by atoms with Crippen molar-refractivity contribution in [3.8, 4) is 0 Å². The smallest absolute Gasteiger partial charge is 0.224 e. The third kappa shape index (κ3) is 3.66. The van der Waals surface area contributed by atoms with Gasteiger partial charge < -0.3 is 5.32 Å². The van der Waals surface area contributed by atoms with Gasteiger partial charge in [-0.2, -0.15) is 0 Å². The molecular formula is C14H15N3O. The Bertz CT molecular complexity index is 508. The Kier molecular flexibility index (Phi) is 4.02. The molecule has 92 valence electrons. The van der Waals surface area contributed by atoms with Crippen molar-refractivity contribution in [2.24, 2.45) is 0 Å². The zero-order valence-electron chi connectivity index (χ0n) is 10.3. The number of anilines is 1. The van der Waals surface area contributed by atoms with Crippen LogP contribution in [-0.2, 0) is 11.2 Å². The number of carbonyl (C=O) groups is 1. The highest BCUT2D eigenvalue weighted by atomic mass is 16.1. The van der Waals surface area contributed by atoms with Crippen molar-refractivity contribution in [3.63, 3.8) is 0 Å². The minimum absolute atomic E-state index is 0.00972. The predicted molar refractivity (Wildman–Crippen MR) is 70.2 cm³/mol. The topological polar surface area (TPSA) is 54.9 Å². The fraction of sp³-hybridized carbons (Fsp3) is 0.214. The lowest BCUT2D eigenvalue weighted by Crippen LogP contribution is -2.12. The molecule has 0 unspecified atom stereocenters. The molecule has 2 aromatic heterocycles. The van der Waals surface area contributed by atoms with E-state index < -0.39 is 0 Å². The first kappa shape index (κ1) is 12.2. The van der Waals surface area contributed by atoms with Crippen molar-refractivity contribution in [2.45, 2.75) is 19.8 Å². The van der Waals surface area contributed by atoms with Crippen LogP contribution < -0.4 is 5.32 Å². The lowest BCUT2D eigenvalue weighted by atomic mass is 10.1. The molecule has 0 bridgehead atoms. The lowest BCUT2D eigenvalue weighted by molar-refractivity contribution is -0.116. The summed E-state index contributed by atoms with van der Waals surface area (Å²) in [6.07, 6.45) is 6.30. The molecule has 0 atom stereocenters. The van der Waals surface area contributed by atoms with Crippen LogP contribution in [0.15, 0.2) is 42.9 Å². The summed E-state index contributed by atoms with van der Waals surface area (Å²) in [5.74, 6) is -0.00972. The Labute approximate surface area is 106 Å². The van der Waals surface area contributed by atoms with Crippen molar-refractivity contribution < 1.29 is 4.79 Å². The molecule has 0 spiro atoms. The second-order valence-electron chi connectivity index (χ2n) is 4.10. The van der Waals surface area contributed by atoms with E-state index in [4.69, 9.17) is 0 Å². The van der Waals surface area contributed by atoms with E-state index in [0.29, 0.717) is 12.8 Å². The summed E-state index contributed by atoms with van der Waals surface area (Å²) in [4.78, 5) is 19.9. The van der Waals surface area contributed by atoms with E-state index in [1.807, 2.05) is 31.2 Å². The molecule has 2 heterocycles. The van der Waals surface area contributed by atoms with Crippen LogP contribution in [0.4, 0.5) is 5.69 Å². The molecule has 4 heteroatoms. The Balaban J connectivity index is 1.84. The van der Waals surface area contributed by atoms with Crippen LogP contribution in [-0.4, -0.2) is 15.9 Å². The van der Waals surface area contributed by atoms with Gasteiger partial charge in [0.1, 0.15) is 0 Å². The third-order valence-electron chi connectivity index (χ3n) is 2.56. The summed E-state index contributed by atoms with van der Waals surface area (Å²) in [6.45, 7) is 1.91. The van der Waals surface area contributed by atoms with E-state index >= 15 is 0 Å². The van der Waals surface area contributed by atoms with E-state index in [1.54, 1.807) is 18.6 Å². The molecule has 0 aromatic carbocycles. The van der Waals surface area contributed by atoms with Gasteiger partial charge in [-0.15, -0.1) is 0 Å². The second kappa shape index (κ2) is 5.91. The molecule has 0 fully saturated rings. The molecule has 1 N–H and O–H groups in total. The molecule has 0 aliphatic rings. The maximum absolute atomic E-state index is 11.7. The number of hydrogen-bond acceptors (Lipinski definition) is 3. The van der Waals surface area contributed by atoms with Gasteiger partial charge in [0.25, 0.3) is 0 Å². The normalized spacial score (nSPS) is 10.1. The van der Waals surface area contributed by atoms with E-state index in [-0.39, 0.29) is 5.91 Å². The fourth-order valence-electron chi connectivity index (χ4n) is 1.57. The Morgan fingerprint density at radius 3 is 2.83 bits per heavy atom. The van der Waals surface area contributed by atoms with Crippen LogP contribution in [0, 0.1) is 6.92 Å². The van der Waals surface area contributed by atoms with Gasteiger partial charge in [0.05, 0.1) is 11.9 Å². The summed E-state index contributed by atoms with van der Waals surface area (Å²) < 4.78 is 0. The van der Waals surface area contributed by atoms with Gasteiger partial charge in [-0.3, -0.25) is 14.8 Å². The number of nitrogens with zero attached hydrogens (tertiary/aromatic N) is 2. The average molecular weight is 241 g/mol. The molecular weight excluding hydrogens is 226 g/mol. The monoisotopic (exact) mass is 241 g/mol. The molecule has 2 rings (SSSR count). The van der Waals surface area contributed by atoms with Crippen LogP contribution in [0.5, 0.6) is 0 Å². The maximum atomic E-state index is 11.7. The van der Waals surface area contributed by atoms with Gasteiger partial charge in [0.15, 0.2) is 0 Å². The van der Waals surface area contributed by atoms with Gasteiger partial charge in [-0.05, 0) is 37.1 Å². The third-order valence-corrected chi connectivity index (χ3v) is 2.56. The van der Waals surface area contributed by atoms with Crippen molar-refractivity contribution >= 4 is 11.6 Å². The largest absolute Gasteiger partial charge is 0.325 e. The summed E-state index contributed by atoms with van der Waals surface area (Å²) in [7, 11) is 0. The second-order valence-corrected chi connectivity index (χ2v) is 4.10. The van der Waals surface area contributed by atoms with Gasteiger partial charge >= 0.3 is 0 Å². The molecule has 2 aromatic rings. The van der Waals surface area contributed by atoms with Crippen molar-refractivity contribution in [3.05, 3.63) is 54.1 Å². The molecule has 0 aliphatic heterocycles. The summed E-state index contributed by atoms with van der Waals surface area (Å²) in [5, 5.41) is 2.82. The Morgan fingerprint density at radius 2 is 2.17 bits per heavy atom. The predicted octanol–water partition coefficient (Wildman–Crippen LogP) is 2.36. The standard InChI is InChI=1S/C14H15N3O/c1-11-4-6-13(10-16-11)17-14(18)7-5-12-3-2-8-15-9-12/h2-4,6,8-10H,5,7H2,1H3,(H,17,18). The van der Waals surface area contributed by atoms with Crippen molar-refractivity contribution in [1.29, 1.82) is 0 Å². The molecule has 0 aliphatic carbocycles. The number of rotatable bonds is 4. The van der Waals surface area contributed by atoms with Crippen LogP contribution in [0.3, 0.4) is 0 Å². The molecule has 0 saturated carbocycles. The van der Waals surface area contributed by atoms with E-state index in [2.05, 4.69) is 15.3 Å². The molecule has 0 radical (unpaired) electrons. The molecule has 18 heavy (non-hydrogen) atoms. The number of nitrogens with one attached hydrogen (secondary N) is 1. The first-order chi connectivity index (χ1) is 8.74. The highest BCUT2D eigenvalue weighted by Gasteiger charge is 2.03. The summed E-state index contributed by atoms with van der Waals surface area (Å²) in [5.41, 5.74) is 2.73. The number of amides is 1. The van der Waals surface area contributed by atoms with E-state index in [0.717, 1.165) is 16.9 Å². The highest BCUT2D eigenvalue weighted by molar-refractivity contribution is 5.90. The molecule has 1 amide bonds. The van der Waals surface area contributed by atoms with Crippen LogP contribution in [0.2, 0.25) is 0 Å². The van der Waals surface area contributed by atoms with Crippen molar-refractivity contribution in [2.75, 3.05) is 5.32 Å². The number of hydrogen-bond donors (Lipinski definition) is 1. The van der Waals surface area contributed by atoms with Crippen molar-refractivity contribution in [1.82, 2.24) is 9.97 Å². The van der Waals surface area contributed by atoms with Crippen LogP contribution in [0.1, 0.15) is 17.7 Å². The Morgan fingerprint density at radius 1 is 1.28 bits per heavy atom. The van der Waals surface area contributed by atoms with Gasteiger partial charge in [0, 0.05) is 24.5 Å². The molecule has 0 saturated heterocycles. The first-order valence-corrected chi connectivity index (χ1v) is 5.85. The summed E-state index contributed by atoms with van der Waals surface area (Å²) in [6, 6.07) is 7.56. The maximum Gasteiger partial charge on any atom is 0.224 e. The minimum Gasteiger partial charge on any atom is -0.325 e. The molecule has 4 nitrogen and oxygen atoms in total. The fourth-order valence-corrected chi connectivity index (χ4v) is 1.57. The number of aryl methyl sites for hydroxylation is 2. The zero-order valence-corrected chi connectivity index (χ0v) is 10.3. The van der Waals surface area contributed by atoms with Crippen LogP contribution in [0.25, 0.3) is 0 Å². The number of carbonyl (C=O) groups excluding carboxylic acids is 1. The quantitative estimate of drug-likeness (QED) is 0.894. The SMILES string of the molecule is Cc1ccc(NC(=O)CCc2cccnc2)cn1. The van der Waals surface area contributed by atoms with Gasteiger partial charge in [-0.25, -0.2) is 0 Å². The number of aromatic nitrogens is 2. The lowest BCUT2D eigenvalue weighted by Gasteiger charge is -2.05. The minimum atomic E-state index is -0.00972. The summed E-state index contributed by atoms with van der Waals surface area (Å²) >= 11 is 0. The zero-order chi connectivity index (χ0) is 12.8. The van der Waals surface area contributed by atoms with Crippen LogP contribution >= 0.6 is 0 Å². The van der Waals surface area contributed by atoms with Gasteiger partial charge in [-0.1, -0.05) is 6.07 Å². The number of pyridine rings is 2. The Hall–Kier alpha value is -2.23. The van der Waals surface area contributed by atoms with Gasteiger partial charge in [0.2, 0.25) is 5.91 Å². The van der Waals surface area contributed by atoms with E-state index in [1.165, 1.54) is 0 Å². The highest BCUT2D eigenvalue weighted by Crippen LogP contribution is 2.07. The average Bonchev–Trinajstić information content (AvgIpc) is 2.40.